The molecule has 3 unspecified atom stereocenters. The summed E-state index contributed by atoms with van der Waals surface area (Å²) in [5, 5.41) is 9.39. The molecule has 114 valence electrons. The van der Waals surface area contributed by atoms with Crippen molar-refractivity contribution in [3.05, 3.63) is 0 Å². The van der Waals surface area contributed by atoms with Gasteiger partial charge >= 0.3 is 0 Å². The topological polar surface area (TPSA) is 70.1 Å². The van der Waals surface area contributed by atoms with Gasteiger partial charge < -0.3 is 5.73 Å². The molecule has 3 atom stereocenters. The largest absolute Gasteiger partial charge is 0.369 e. The van der Waals surface area contributed by atoms with E-state index in [9.17, 15) is 10.1 Å². The first-order chi connectivity index (χ1) is 9.35. The molecule has 0 aromatic carbocycles. The first-order valence-corrected chi connectivity index (χ1v) is 7.77. The Hall–Kier alpha value is -1.08. The lowest BCUT2D eigenvalue weighted by molar-refractivity contribution is -0.120. The predicted molar refractivity (Wildman–Crippen MR) is 80.7 cm³/mol. The average molecular weight is 279 g/mol. The maximum atomic E-state index is 11.2. The highest BCUT2D eigenvalue weighted by Gasteiger charge is 2.39. The van der Waals surface area contributed by atoms with Gasteiger partial charge in [-0.2, -0.15) is 5.26 Å². The van der Waals surface area contributed by atoms with Crippen LogP contribution in [0.15, 0.2) is 0 Å². The van der Waals surface area contributed by atoms with Crippen LogP contribution in [0.2, 0.25) is 0 Å². The second kappa shape index (κ2) is 7.08. The first-order valence-electron chi connectivity index (χ1n) is 7.77. The molecule has 0 aromatic heterocycles. The van der Waals surface area contributed by atoms with E-state index in [1.807, 2.05) is 6.92 Å². The number of nitriles is 1. The number of nitrogens with zero attached hydrogens (tertiary/aromatic N) is 2. The van der Waals surface area contributed by atoms with Crippen LogP contribution in [0.5, 0.6) is 0 Å². The Bertz CT molecular complexity index is 372. The van der Waals surface area contributed by atoms with Crippen molar-refractivity contribution in [2.24, 2.45) is 23.0 Å². The van der Waals surface area contributed by atoms with Crippen LogP contribution in [0.1, 0.15) is 53.4 Å². The van der Waals surface area contributed by atoms with Crippen molar-refractivity contribution in [3.8, 4) is 6.07 Å². The third kappa shape index (κ3) is 3.96. The van der Waals surface area contributed by atoms with Crippen LogP contribution in [-0.2, 0) is 4.79 Å². The Kier molecular flexibility index (Phi) is 6.01. The monoisotopic (exact) mass is 279 g/mol. The first kappa shape index (κ1) is 17.0. The minimum atomic E-state index is -0.305. The molecule has 1 amide bonds. The summed E-state index contributed by atoms with van der Waals surface area (Å²) in [6.07, 6.45) is 4.19. The van der Waals surface area contributed by atoms with Gasteiger partial charge in [0.15, 0.2) is 0 Å². The summed E-state index contributed by atoms with van der Waals surface area (Å²) in [5.41, 5.74) is 5.64. The van der Waals surface area contributed by atoms with Crippen LogP contribution in [-0.4, -0.2) is 29.9 Å². The molecule has 0 saturated heterocycles. The number of likely N-dealkylation sites (N-methyl/N-ethyl adjacent to an activating group) is 1. The summed E-state index contributed by atoms with van der Waals surface area (Å²) in [5.74, 6) is 0.336. The van der Waals surface area contributed by atoms with E-state index in [0.29, 0.717) is 11.3 Å². The molecule has 0 radical (unpaired) electrons. The Labute approximate surface area is 123 Å². The molecule has 0 aliphatic heterocycles. The average Bonchev–Trinajstić information content (AvgIpc) is 2.43. The van der Waals surface area contributed by atoms with E-state index < -0.39 is 0 Å². The van der Waals surface area contributed by atoms with Gasteiger partial charge in [0.1, 0.15) is 0 Å². The van der Waals surface area contributed by atoms with Crippen LogP contribution in [0, 0.1) is 28.6 Å². The number of carbonyl (C=O) groups is 1. The summed E-state index contributed by atoms with van der Waals surface area (Å²) in [6, 6.07) is 2.61. The van der Waals surface area contributed by atoms with Crippen LogP contribution in [0.25, 0.3) is 0 Å². The van der Waals surface area contributed by atoms with Gasteiger partial charge in [-0.1, -0.05) is 34.1 Å². The lowest BCUT2D eigenvalue weighted by atomic mass is 9.66. The SMILES string of the molecule is CCN(CC(N)=O)C1CC(C(C)(C)CC)CCC1C#N. The molecule has 1 rings (SSSR count). The molecule has 1 aliphatic carbocycles. The van der Waals surface area contributed by atoms with Gasteiger partial charge in [0.05, 0.1) is 18.5 Å². The number of carbonyl (C=O) groups excluding carboxylic acids is 1. The zero-order chi connectivity index (χ0) is 15.3. The summed E-state index contributed by atoms with van der Waals surface area (Å²) in [7, 11) is 0. The number of primary amides is 1. The lowest BCUT2D eigenvalue weighted by Gasteiger charge is -2.44. The van der Waals surface area contributed by atoms with E-state index >= 15 is 0 Å². The quantitative estimate of drug-likeness (QED) is 0.812. The maximum absolute atomic E-state index is 11.2. The van der Waals surface area contributed by atoms with Crippen molar-refractivity contribution >= 4 is 5.91 Å². The minimum absolute atomic E-state index is 0.0261. The van der Waals surface area contributed by atoms with Gasteiger partial charge in [0, 0.05) is 6.04 Å². The van der Waals surface area contributed by atoms with Gasteiger partial charge in [-0.05, 0) is 37.1 Å². The zero-order valence-corrected chi connectivity index (χ0v) is 13.4. The molecule has 4 heteroatoms. The molecule has 20 heavy (non-hydrogen) atoms. The van der Waals surface area contributed by atoms with Gasteiger partial charge in [-0.25, -0.2) is 0 Å². The van der Waals surface area contributed by atoms with Gasteiger partial charge in [0.2, 0.25) is 5.91 Å². The second-order valence-electron chi connectivity index (χ2n) is 6.68. The standard InChI is InChI=1S/C16H29N3O/c1-5-16(3,4)13-8-7-12(10-17)14(9-13)19(6-2)11-15(18)20/h12-14H,5-9,11H2,1-4H3,(H2,18,20). The fraction of sp³-hybridized carbons (Fsp3) is 0.875. The molecule has 0 aromatic rings. The highest BCUT2D eigenvalue weighted by Crippen LogP contribution is 2.43. The van der Waals surface area contributed by atoms with Gasteiger partial charge in [-0.3, -0.25) is 9.69 Å². The molecule has 0 bridgehead atoms. The molecule has 1 saturated carbocycles. The van der Waals surface area contributed by atoms with Crippen LogP contribution >= 0.6 is 0 Å². The molecular weight excluding hydrogens is 250 g/mol. The highest BCUT2D eigenvalue weighted by atomic mass is 16.1. The number of nitrogens with two attached hydrogens (primary N) is 1. The molecule has 4 nitrogen and oxygen atoms in total. The summed E-state index contributed by atoms with van der Waals surface area (Å²) in [6.45, 7) is 9.92. The molecule has 2 N–H and O–H groups in total. The summed E-state index contributed by atoms with van der Waals surface area (Å²) >= 11 is 0. The van der Waals surface area contributed by atoms with Gasteiger partial charge in [0.25, 0.3) is 0 Å². The predicted octanol–water partition coefficient (Wildman–Crippen LogP) is 2.54. The van der Waals surface area contributed by atoms with Crippen molar-refractivity contribution in [3.63, 3.8) is 0 Å². The van der Waals surface area contributed by atoms with Crippen LogP contribution < -0.4 is 5.73 Å². The van der Waals surface area contributed by atoms with Crippen LogP contribution in [0.3, 0.4) is 0 Å². The fourth-order valence-electron chi connectivity index (χ4n) is 3.36. The second-order valence-corrected chi connectivity index (χ2v) is 6.68. The Morgan fingerprint density at radius 3 is 2.50 bits per heavy atom. The highest BCUT2D eigenvalue weighted by molar-refractivity contribution is 5.75. The van der Waals surface area contributed by atoms with E-state index in [2.05, 4.69) is 31.7 Å². The van der Waals surface area contributed by atoms with Crippen molar-refractivity contribution < 1.29 is 4.79 Å². The number of rotatable bonds is 6. The Morgan fingerprint density at radius 2 is 2.05 bits per heavy atom. The Balaban J connectivity index is 2.87. The molecular formula is C16H29N3O. The van der Waals surface area contributed by atoms with Crippen molar-refractivity contribution in [1.29, 1.82) is 5.26 Å². The summed E-state index contributed by atoms with van der Waals surface area (Å²) < 4.78 is 0. The van der Waals surface area contributed by atoms with Gasteiger partial charge in [-0.15, -0.1) is 0 Å². The summed E-state index contributed by atoms with van der Waals surface area (Å²) in [4.78, 5) is 13.3. The maximum Gasteiger partial charge on any atom is 0.231 e. The van der Waals surface area contributed by atoms with Crippen molar-refractivity contribution in [2.75, 3.05) is 13.1 Å². The smallest absolute Gasteiger partial charge is 0.231 e. The fourth-order valence-corrected chi connectivity index (χ4v) is 3.36. The van der Waals surface area contributed by atoms with E-state index in [4.69, 9.17) is 5.73 Å². The van der Waals surface area contributed by atoms with Crippen LogP contribution in [0.4, 0.5) is 0 Å². The third-order valence-corrected chi connectivity index (χ3v) is 5.23. The number of amides is 1. The van der Waals surface area contributed by atoms with Crippen molar-refractivity contribution in [1.82, 2.24) is 4.90 Å². The number of hydrogen-bond donors (Lipinski definition) is 1. The van der Waals surface area contributed by atoms with Crippen molar-refractivity contribution in [2.45, 2.75) is 59.4 Å². The zero-order valence-electron chi connectivity index (χ0n) is 13.4. The van der Waals surface area contributed by atoms with E-state index in [1.165, 1.54) is 0 Å². The van der Waals surface area contributed by atoms with E-state index in [1.54, 1.807) is 0 Å². The normalized spacial score (nSPS) is 27.3. The molecule has 1 fully saturated rings. The van der Waals surface area contributed by atoms with E-state index in [-0.39, 0.29) is 24.4 Å². The van der Waals surface area contributed by atoms with E-state index in [0.717, 1.165) is 32.2 Å². The molecule has 1 aliphatic rings. The molecule has 0 spiro atoms. The number of hydrogen-bond acceptors (Lipinski definition) is 3. The minimum Gasteiger partial charge on any atom is -0.369 e. The Morgan fingerprint density at radius 1 is 1.40 bits per heavy atom. The molecule has 0 heterocycles. The lowest BCUT2D eigenvalue weighted by Crippen LogP contribution is -2.49. The third-order valence-electron chi connectivity index (χ3n) is 5.23.